The molecular formula is C23H26FN5O2. The molecular weight excluding hydrogens is 397 g/mol. The molecule has 0 unspecified atom stereocenters. The largest absolute Gasteiger partial charge is 0.368 e. The summed E-state index contributed by atoms with van der Waals surface area (Å²) < 4.78 is 14.5. The first-order valence-electron chi connectivity index (χ1n) is 10.7. The predicted octanol–water partition coefficient (Wildman–Crippen LogP) is 2.84. The number of carbonyl (C=O) groups excluding carboxylic acids is 1. The number of hydrogen-bond acceptors (Lipinski definition) is 5. The molecule has 0 radical (unpaired) electrons. The summed E-state index contributed by atoms with van der Waals surface area (Å²) in [5.41, 5.74) is 1.47. The van der Waals surface area contributed by atoms with Gasteiger partial charge >= 0.3 is 0 Å². The number of anilines is 1. The van der Waals surface area contributed by atoms with E-state index in [4.69, 9.17) is 0 Å². The molecule has 4 rings (SSSR count). The zero-order valence-electron chi connectivity index (χ0n) is 17.4. The van der Waals surface area contributed by atoms with Gasteiger partial charge in [-0.1, -0.05) is 23.8 Å². The number of piperazine rings is 1. The van der Waals surface area contributed by atoms with Gasteiger partial charge in [0.25, 0.3) is 5.56 Å². The monoisotopic (exact) mass is 423 g/mol. The van der Waals surface area contributed by atoms with Gasteiger partial charge in [-0.25, -0.2) is 9.07 Å². The maximum Gasteiger partial charge on any atom is 0.277 e. The Morgan fingerprint density at radius 3 is 2.45 bits per heavy atom. The molecule has 0 N–H and O–H groups in total. The Labute approximate surface area is 180 Å². The van der Waals surface area contributed by atoms with Crippen LogP contribution in [0.15, 0.2) is 53.3 Å². The minimum atomic E-state index is -0.241. The van der Waals surface area contributed by atoms with Gasteiger partial charge < -0.3 is 9.80 Å². The number of fused-ring (bicyclic) bond motifs is 1. The van der Waals surface area contributed by atoms with Crippen molar-refractivity contribution in [1.82, 2.24) is 19.9 Å². The van der Waals surface area contributed by atoms with E-state index < -0.39 is 0 Å². The molecule has 31 heavy (non-hydrogen) atoms. The van der Waals surface area contributed by atoms with Crippen LogP contribution in [-0.4, -0.2) is 52.0 Å². The van der Waals surface area contributed by atoms with Gasteiger partial charge in [-0.2, -0.15) is 0 Å². The Hall–Kier alpha value is -3.29. The summed E-state index contributed by atoms with van der Waals surface area (Å²) in [7, 11) is 0. The van der Waals surface area contributed by atoms with Crippen LogP contribution in [0.5, 0.6) is 0 Å². The standard InChI is InChI=1S/C23H26FN5O2/c24-18-9-11-19(12-10-18)27-14-16-28(17-15-27)22(30)8-2-1-5-13-29-23(31)20-6-3-4-7-21(20)25-26-29/h3-4,6-7,9-12H,1-2,5,8,13-17H2. The first-order valence-corrected chi connectivity index (χ1v) is 10.7. The van der Waals surface area contributed by atoms with Crippen LogP contribution in [0.4, 0.5) is 10.1 Å². The summed E-state index contributed by atoms with van der Waals surface area (Å²) in [5, 5.41) is 8.67. The van der Waals surface area contributed by atoms with Gasteiger partial charge in [-0.15, -0.1) is 5.10 Å². The molecule has 1 saturated heterocycles. The molecule has 0 atom stereocenters. The summed E-state index contributed by atoms with van der Waals surface area (Å²) in [4.78, 5) is 29.0. The molecule has 0 saturated carbocycles. The van der Waals surface area contributed by atoms with Crippen LogP contribution in [0.3, 0.4) is 0 Å². The molecule has 162 valence electrons. The lowest BCUT2D eigenvalue weighted by Gasteiger charge is -2.36. The fraction of sp³-hybridized carbons (Fsp3) is 0.391. The van der Waals surface area contributed by atoms with E-state index in [1.807, 2.05) is 17.0 Å². The fourth-order valence-electron chi connectivity index (χ4n) is 3.91. The van der Waals surface area contributed by atoms with Crippen LogP contribution in [0.2, 0.25) is 0 Å². The highest BCUT2D eigenvalue weighted by molar-refractivity contribution is 5.77. The summed E-state index contributed by atoms with van der Waals surface area (Å²) in [6.45, 7) is 3.36. The van der Waals surface area contributed by atoms with Crippen molar-refractivity contribution in [2.24, 2.45) is 0 Å². The second-order valence-corrected chi connectivity index (χ2v) is 7.79. The molecule has 0 bridgehead atoms. The van der Waals surface area contributed by atoms with Gasteiger partial charge in [0.15, 0.2) is 0 Å². The van der Waals surface area contributed by atoms with Crippen molar-refractivity contribution in [1.29, 1.82) is 0 Å². The molecule has 3 aromatic rings. The third-order valence-electron chi connectivity index (χ3n) is 5.71. The van der Waals surface area contributed by atoms with E-state index in [0.29, 0.717) is 37.0 Å². The van der Waals surface area contributed by atoms with Gasteiger partial charge in [0.05, 0.1) is 5.39 Å². The van der Waals surface area contributed by atoms with Gasteiger partial charge in [-0.05, 0) is 49.2 Å². The highest BCUT2D eigenvalue weighted by Gasteiger charge is 2.20. The Balaban J connectivity index is 1.18. The van der Waals surface area contributed by atoms with Gasteiger partial charge in [-0.3, -0.25) is 9.59 Å². The fourth-order valence-corrected chi connectivity index (χ4v) is 3.91. The molecule has 1 amide bonds. The number of carbonyl (C=O) groups is 1. The lowest BCUT2D eigenvalue weighted by molar-refractivity contribution is -0.131. The lowest BCUT2D eigenvalue weighted by Crippen LogP contribution is -2.48. The number of aromatic nitrogens is 3. The van der Waals surface area contributed by atoms with Gasteiger partial charge in [0.1, 0.15) is 11.3 Å². The SMILES string of the molecule is O=C(CCCCCn1nnc2ccccc2c1=O)N1CCN(c2ccc(F)cc2)CC1. The molecule has 1 fully saturated rings. The van der Waals surface area contributed by atoms with E-state index in [1.54, 1.807) is 24.3 Å². The first-order chi connectivity index (χ1) is 15.1. The average Bonchev–Trinajstić information content (AvgIpc) is 2.81. The summed E-state index contributed by atoms with van der Waals surface area (Å²) in [6.07, 6.45) is 2.92. The predicted molar refractivity (Wildman–Crippen MR) is 117 cm³/mol. The first kappa shape index (κ1) is 21.0. The van der Waals surface area contributed by atoms with Crippen LogP contribution < -0.4 is 10.5 Å². The van der Waals surface area contributed by atoms with Crippen molar-refractivity contribution >= 4 is 22.5 Å². The van der Waals surface area contributed by atoms with E-state index >= 15 is 0 Å². The van der Waals surface area contributed by atoms with Crippen LogP contribution in [0.25, 0.3) is 10.9 Å². The number of unbranched alkanes of at least 4 members (excludes halogenated alkanes) is 2. The molecule has 1 aromatic heterocycles. The highest BCUT2D eigenvalue weighted by Crippen LogP contribution is 2.17. The second kappa shape index (κ2) is 9.68. The minimum Gasteiger partial charge on any atom is -0.368 e. The number of benzene rings is 2. The molecule has 1 aliphatic heterocycles. The van der Waals surface area contributed by atoms with Crippen molar-refractivity contribution < 1.29 is 9.18 Å². The quantitative estimate of drug-likeness (QED) is 0.547. The third kappa shape index (κ3) is 5.07. The number of nitrogens with zero attached hydrogens (tertiary/aromatic N) is 5. The lowest BCUT2D eigenvalue weighted by atomic mass is 10.1. The molecule has 1 aliphatic rings. The Kier molecular flexibility index (Phi) is 6.54. The molecule has 7 nitrogen and oxygen atoms in total. The molecule has 0 aliphatic carbocycles. The third-order valence-corrected chi connectivity index (χ3v) is 5.71. The number of halogens is 1. The van der Waals surface area contributed by atoms with E-state index in [1.165, 1.54) is 16.8 Å². The smallest absolute Gasteiger partial charge is 0.277 e. The van der Waals surface area contributed by atoms with Crippen LogP contribution in [-0.2, 0) is 11.3 Å². The topological polar surface area (TPSA) is 71.3 Å². The summed E-state index contributed by atoms with van der Waals surface area (Å²) >= 11 is 0. The van der Waals surface area contributed by atoms with Crippen LogP contribution in [0.1, 0.15) is 25.7 Å². The van der Waals surface area contributed by atoms with E-state index in [-0.39, 0.29) is 17.3 Å². The van der Waals surface area contributed by atoms with E-state index in [2.05, 4.69) is 15.2 Å². The zero-order valence-corrected chi connectivity index (χ0v) is 17.4. The normalized spacial score (nSPS) is 14.2. The Bertz CT molecular complexity index is 1090. The number of rotatable bonds is 7. The summed E-state index contributed by atoms with van der Waals surface area (Å²) in [5.74, 6) is -0.0727. The van der Waals surface area contributed by atoms with E-state index in [9.17, 15) is 14.0 Å². The van der Waals surface area contributed by atoms with Gasteiger partial charge in [0, 0.05) is 44.8 Å². The van der Waals surface area contributed by atoms with Crippen LogP contribution >= 0.6 is 0 Å². The number of aryl methyl sites for hydroxylation is 1. The number of hydrogen-bond donors (Lipinski definition) is 0. The van der Waals surface area contributed by atoms with Gasteiger partial charge in [0.2, 0.25) is 5.91 Å². The number of amides is 1. The van der Waals surface area contributed by atoms with Crippen molar-refractivity contribution in [2.45, 2.75) is 32.2 Å². The van der Waals surface area contributed by atoms with Crippen molar-refractivity contribution in [2.75, 3.05) is 31.1 Å². The van der Waals surface area contributed by atoms with Crippen molar-refractivity contribution in [3.05, 3.63) is 64.7 Å². The average molecular weight is 423 g/mol. The maximum absolute atomic E-state index is 13.1. The highest BCUT2D eigenvalue weighted by atomic mass is 19.1. The van der Waals surface area contributed by atoms with Crippen molar-refractivity contribution in [3.8, 4) is 0 Å². The molecule has 2 heterocycles. The second-order valence-electron chi connectivity index (χ2n) is 7.79. The van der Waals surface area contributed by atoms with Crippen LogP contribution in [0, 0.1) is 5.82 Å². The Morgan fingerprint density at radius 1 is 0.935 bits per heavy atom. The molecule has 0 spiro atoms. The molecule has 8 heteroatoms. The minimum absolute atomic E-state index is 0.124. The van der Waals surface area contributed by atoms with E-state index in [0.717, 1.165) is 38.0 Å². The maximum atomic E-state index is 13.1. The van der Waals surface area contributed by atoms with Crippen molar-refractivity contribution in [3.63, 3.8) is 0 Å². The molecule has 2 aromatic carbocycles. The Morgan fingerprint density at radius 2 is 1.68 bits per heavy atom. The zero-order chi connectivity index (χ0) is 21.6. The summed E-state index contributed by atoms with van der Waals surface area (Å²) in [6, 6.07) is 13.7.